The Morgan fingerprint density at radius 3 is 2.50 bits per heavy atom. The van der Waals surface area contributed by atoms with Gasteiger partial charge in [-0.1, -0.05) is 5.16 Å². The number of nitrogens with zero attached hydrogens (tertiary/aromatic N) is 3. The average Bonchev–Trinajstić information content (AvgIpc) is 2.98. The molecule has 0 bridgehead atoms. The van der Waals surface area contributed by atoms with Gasteiger partial charge in [-0.2, -0.15) is 10.2 Å². The minimum atomic E-state index is -0.190. The summed E-state index contributed by atoms with van der Waals surface area (Å²) in [6.45, 7) is 0. The quantitative estimate of drug-likeness (QED) is 0.763. The number of aromatic amines is 1. The molecule has 6 heteroatoms. The maximum atomic E-state index is 11.0. The molecule has 0 fully saturated rings. The Balaban J connectivity index is 1.95. The first-order valence-electron chi connectivity index (χ1n) is 5.79. The molecule has 0 unspecified atom stereocenters. The second-order valence-electron chi connectivity index (χ2n) is 4.05. The molecule has 0 radical (unpaired) electrons. The number of hydrogen-bond donors (Lipinski definition) is 1. The number of nitriles is 1. The number of aromatic nitrogens is 3. The predicted octanol–water partition coefficient (Wildman–Crippen LogP) is 1.96. The fourth-order valence-electron chi connectivity index (χ4n) is 1.69. The number of hydrogen-bond acceptors (Lipinski definition) is 5. The second kappa shape index (κ2) is 4.82. The van der Waals surface area contributed by atoms with E-state index in [2.05, 4.69) is 15.1 Å². The van der Waals surface area contributed by atoms with E-state index in [1.807, 2.05) is 6.07 Å². The van der Waals surface area contributed by atoms with Gasteiger partial charge in [0.05, 0.1) is 11.6 Å². The Labute approximate surface area is 113 Å². The van der Waals surface area contributed by atoms with Crippen molar-refractivity contribution in [2.24, 2.45) is 0 Å². The lowest BCUT2D eigenvalue weighted by atomic mass is 10.1. The highest BCUT2D eigenvalue weighted by Crippen LogP contribution is 2.21. The molecular formula is C14H8N4O2. The Morgan fingerprint density at radius 2 is 1.85 bits per heavy atom. The molecule has 0 saturated heterocycles. The van der Waals surface area contributed by atoms with Crippen LogP contribution in [0.2, 0.25) is 0 Å². The van der Waals surface area contributed by atoms with Gasteiger partial charge in [0.2, 0.25) is 11.4 Å². The van der Waals surface area contributed by atoms with Crippen molar-refractivity contribution in [3.05, 3.63) is 58.5 Å². The smallest absolute Gasteiger partial charge is 0.258 e. The van der Waals surface area contributed by atoms with Gasteiger partial charge in [0.15, 0.2) is 0 Å². The van der Waals surface area contributed by atoms with Crippen molar-refractivity contribution in [2.75, 3.05) is 0 Å². The van der Waals surface area contributed by atoms with Gasteiger partial charge in [0.25, 0.3) is 5.89 Å². The zero-order chi connectivity index (χ0) is 13.9. The van der Waals surface area contributed by atoms with E-state index in [1.54, 1.807) is 30.3 Å². The molecule has 3 aromatic rings. The van der Waals surface area contributed by atoms with Crippen LogP contribution in [0.3, 0.4) is 0 Å². The molecule has 0 saturated carbocycles. The molecule has 0 aliphatic rings. The number of nitrogens with one attached hydrogen (secondary N) is 1. The van der Waals surface area contributed by atoms with Crippen LogP contribution in [0.15, 0.2) is 51.9 Å². The van der Waals surface area contributed by atoms with Crippen molar-refractivity contribution in [2.45, 2.75) is 0 Å². The molecule has 0 atom stereocenters. The van der Waals surface area contributed by atoms with E-state index in [4.69, 9.17) is 9.78 Å². The first-order chi connectivity index (χ1) is 9.76. The summed E-state index contributed by atoms with van der Waals surface area (Å²) in [4.78, 5) is 17.8. The molecule has 2 aromatic heterocycles. The van der Waals surface area contributed by atoms with Crippen LogP contribution < -0.4 is 5.56 Å². The summed E-state index contributed by atoms with van der Waals surface area (Å²) < 4.78 is 5.17. The molecule has 0 aliphatic heterocycles. The van der Waals surface area contributed by atoms with E-state index in [1.165, 1.54) is 12.3 Å². The highest BCUT2D eigenvalue weighted by molar-refractivity contribution is 5.59. The minimum Gasteiger partial charge on any atom is -0.334 e. The summed E-state index contributed by atoms with van der Waals surface area (Å²) >= 11 is 0. The van der Waals surface area contributed by atoms with Gasteiger partial charge in [-0.05, 0) is 30.3 Å². The van der Waals surface area contributed by atoms with Crippen molar-refractivity contribution < 1.29 is 4.52 Å². The normalized spacial score (nSPS) is 10.2. The lowest BCUT2D eigenvalue weighted by Gasteiger charge is -1.93. The van der Waals surface area contributed by atoms with E-state index >= 15 is 0 Å². The molecule has 6 nitrogen and oxygen atoms in total. The van der Waals surface area contributed by atoms with Crippen LogP contribution in [0.5, 0.6) is 0 Å². The van der Waals surface area contributed by atoms with Gasteiger partial charge >= 0.3 is 0 Å². The number of pyridine rings is 1. The second-order valence-corrected chi connectivity index (χ2v) is 4.05. The third kappa shape index (κ3) is 2.20. The summed E-state index contributed by atoms with van der Waals surface area (Å²) in [7, 11) is 0. The van der Waals surface area contributed by atoms with E-state index in [0.29, 0.717) is 22.8 Å². The molecule has 0 spiro atoms. The summed E-state index contributed by atoms with van der Waals surface area (Å²) in [6.07, 6.45) is 1.52. The standard InChI is InChI=1S/C14H8N4O2/c15-7-9-1-3-10(4-2-9)14-17-13(18-20-14)11-5-6-12(19)16-8-11/h1-6,8H,(H,16,19). The van der Waals surface area contributed by atoms with Crippen LogP contribution in [0.25, 0.3) is 22.8 Å². The lowest BCUT2D eigenvalue weighted by Crippen LogP contribution is -2.01. The Hall–Kier alpha value is -3.20. The zero-order valence-electron chi connectivity index (χ0n) is 10.2. The SMILES string of the molecule is N#Cc1ccc(-c2nc(-c3ccc(=O)[nH]c3)no2)cc1. The fraction of sp³-hybridized carbons (Fsp3) is 0. The van der Waals surface area contributed by atoms with Gasteiger partial charge < -0.3 is 9.51 Å². The summed E-state index contributed by atoms with van der Waals surface area (Å²) in [5.41, 5.74) is 1.76. The van der Waals surface area contributed by atoms with Crippen molar-refractivity contribution in [3.63, 3.8) is 0 Å². The average molecular weight is 264 g/mol. The first kappa shape index (κ1) is 11.9. The van der Waals surface area contributed by atoms with Crippen LogP contribution in [-0.4, -0.2) is 15.1 Å². The first-order valence-corrected chi connectivity index (χ1v) is 5.79. The van der Waals surface area contributed by atoms with Crippen molar-refractivity contribution in [1.29, 1.82) is 5.26 Å². The van der Waals surface area contributed by atoms with Crippen molar-refractivity contribution in [3.8, 4) is 28.9 Å². The lowest BCUT2D eigenvalue weighted by molar-refractivity contribution is 0.432. The van der Waals surface area contributed by atoms with Crippen molar-refractivity contribution >= 4 is 0 Å². The van der Waals surface area contributed by atoms with Gasteiger partial charge in [0.1, 0.15) is 0 Å². The molecular weight excluding hydrogens is 256 g/mol. The highest BCUT2D eigenvalue weighted by Gasteiger charge is 2.10. The summed E-state index contributed by atoms with van der Waals surface area (Å²) in [5, 5.41) is 12.6. The topological polar surface area (TPSA) is 95.6 Å². The van der Waals surface area contributed by atoms with Crippen LogP contribution in [0.1, 0.15) is 5.56 Å². The number of H-pyrrole nitrogens is 1. The number of rotatable bonds is 2. The van der Waals surface area contributed by atoms with Gasteiger partial charge in [0, 0.05) is 23.4 Å². The minimum absolute atomic E-state index is 0.190. The van der Waals surface area contributed by atoms with E-state index in [9.17, 15) is 4.79 Å². The van der Waals surface area contributed by atoms with Gasteiger partial charge in [-0.25, -0.2) is 0 Å². The molecule has 1 aromatic carbocycles. The summed E-state index contributed by atoms with van der Waals surface area (Å²) in [5.74, 6) is 0.747. The van der Waals surface area contributed by atoms with Gasteiger partial charge in [-0.15, -0.1) is 0 Å². The van der Waals surface area contributed by atoms with Crippen LogP contribution >= 0.6 is 0 Å². The zero-order valence-corrected chi connectivity index (χ0v) is 10.2. The highest BCUT2D eigenvalue weighted by atomic mass is 16.5. The third-order valence-electron chi connectivity index (χ3n) is 2.73. The monoisotopic (exact) mass is 264 g/mol. The van der Waals surface area contributed by atoms with Gasteiger partial charge in [-0.3, -0.25) is 4.79 Å². The molecule has 20 heavy (non-hydrogen) atoms. The van der Waals surface area contributed by atoms with Crippen LogP contribution in [0, 0.1) is 11.3 Å². The maximum absolute atomic E-state index is 11.0. The predicted molar refractivity (Wildman–Crippen MR) is 70.5 cm³/mol. The molecule has 1 N–H and O–H groups in total. The Kier molecular flexibility index (Phi) is 2.86. The largest absolute Gasteiger partial charge is 0.334 e. The summed E-state index contributed by atoms with van der Waals surface area (Å²) in [6, 6.07) is 11.9. The van der Waals surface area contributed by atoms with E-state index < -0.39 is 0 Å². The number of benzene rings is 1. The van der Waals surface area contributed by atoms with Crippen LogP contribution in [-0.2, 0) is 0 Å². The molecule has 2 heterocycles. The maximum Gasteiger partial charge on any atom is 0.258 e. The van der Waals surface area contributed by atoms with Crippen molar-refractivity contribution in [1.82, 2.24) is 15.1 Å². The molecule has 0 aliphatic carbocycles. The Bertz CT molecular complexity index is 820. The third-order valence-corrected chi connectivity index (χ3v) is 2.73. The molecule has 0 amide bonds. The van der Waals surface area contributed by atoms with E-state index in [-0.39, 0.29) is 5.56 Å². The Morgan fingerprint density at radius 1 is 1.10 bits per heavy atom. The molecule has 3 rings (SSSR count). The fourth-order valence-corrected chi connectivity index (χ4v) is 1.69. The molecule has 96 valence electrons. The van der Waals surface area contributed by atoms with E-state index in [0.717, 1.165) is 5.56 Å². The van der Waals surface area contributed by atoms with Crippen LogP contribution in [0.4, 0.5) is 0 Å².